The first-order chi connectivity index (χ1) is 12.7. The molecule has 1 aliphatic heterocycles. The number of allylic oxidation sites excluding steroid dienone is 1. The maximum Gasteiger partial charge on any atom is 0.416 e. The van der Waals surface area contributed by atoms with Gasteiger partial charge in [0.1, 0.15) is 11.4 Å². The van der Waals surface area contributed by atoms with Gasteiger partial charge in [-0.25, -0.2) is 9.78 Å². The van der Waals surface area contributed by atoms with E-state index >= 15 is 0 Å². The molecule has 0 aliphatic carbocycles. The second-order valence-corrected chi connectivity index (χ2v) is 6.25. The number of carbonyl (C=O) groups is 1. The molecule has 1 atom stereocenters. The zero-order valence-electron chi connectivity index (χ0n) is 14.2. The van der Waals surface area contributed by atoms with E-state index < -0.39 is 28.8 Å². The molecule has 2 N–H and O–H groups in total. The predicted octanol–water partition coefficient (Wildman–Crippen LogP) is 3.77. The average molecular weight is 379 g/mol. The maximum atomic E-state index is 12.6. The maximum absolute atomic E-state index is 12.6. The van der Waals surface area contributed by atoms with E-state index in [1.54, 1.807) is 13.1 Å². The molecular formula is C18H16F3N3O3. The average Bonchev–Trinajstić information content (AvgIpc) is 2.60. The zero-order valence-corrected chi connectivity index (χ0v) is 14.2. The highest BCUT2D eigenvalue weighted by Crippen LogP contribution is 2.31. The van der Waals surface area contributed by atoms with Gasteiger partial charge in [-0.2, -0.15) is 13.2 Å². The molecule has 1 aromatic carbocycles. The molecule has 0 amide bonds. The number of halogens is 3. The van der Waals surface area contributed by atoms with Gasteiger partial charge >= 0.3 is 12.1 Å². The van der Waals surface area contributed by atoms with Crippen molar-refractivity contribution in [1.82, 2.24) is 9.55 Å². The minimum Gasteiger partial charge on any atom is -0.477 e. The van der Waals surface area contributed by atoms with Crippen molar-refractivity contribution in [1.29, 1.82) is 0 Å². The number of carboxylic acids is 1. The van der Waals surface area contributed by atoms with Gasteiger partial charge in [-0.1, -0.05) is 0 Å². The van der Waals surface area contributed by atoms with E-state index in [-0.39, 0.29) is 6.04 Å². The number of fused-ring (bicyclic) bond motifs is 1. The molecule has 0 spiro atoms. The van der Waals surface area contributed by atoms with Gasteiger partial charge in [-0.3, -0.25) is 9.36 Å². The summed E-state index contributed by atoms with van der Waals surface area (Å²) in [5, 5.41) is 12.0. The summed E-state index contributed by atoms with van der Waals surface area (Å²) in [6.07, 6.45) is -0.595. The van der Waals surface area contributed by atoms with Crippen LogP contribution in [0.3, 0.4) is 0 Å². The Morgan fingerprint density at radius 2 is 2.00 bits per heavy atom. The quantitative estimate of drug-likeness (QED) is 0.848. The van der Waals surface area contributed by atoms with Crippen molar-refractivity contribution in [3.05, 3.63) is 64.0 Å². The Morgan fingerprint density at radius 3 is 2.59 bits per heavy atom. The summed E-state index contributed by atoms with van der Waals surface area (Å²) < 4.78 is 39.2. The van der Waals surface area contributed by atoms with Crippen LogP contribution in [0.25, 0.3) is 5.57 Å². The molecule has 0 radical (unpaired) electrons. The summed E-state index contributed by atoms with van der Waals surface area (Å²) in [6, 6.07) is 4.35. The fraction of sp³-hybridized carbons (Fsp3) is 0.278. The number of anilines is 1. The molecule has 1 aromatic heterocycles. The molecule has 0 saturated carbocycles. The molecule has 1 unspecified atom stereocenters. The molecule has 9 heteroatoms. The highest BCUT2D eigenvalue weighted by Gasteiger charge is 2.30. The third-order valence-electron chi connectivity index (χ3n) is 4.41. The lowest BCUT2D eigenvalue weighted by Gasteiger charge is -2.26. The van der Waals surface area contributed by atoms with Crippen LogP contribution in [0.1, 0.15) is 47.6 Å². The molecular weight excluding hydrogens is 363 g/mol. The van der Waals surface area contributed by atoms with Crippen LogP contribution in [0.2, 0.25) is 0 Å². The monoisotopic (exact) mass is 379 g/mol. The molecule has 6 nitrogen and oxygen atoms in total. The van der Waals surface area contributed by atoms with Gasteiger partial charge in [0.2, 0.25) is 0 Å². The minimum absolute atomic E-state index is 0.206. The Labute approximate surface area is 152 Å². The van der Waals surface area contributed by atoms with Crippen LogP contribution in [-0.4, -0.2) is 20.6 Å². The summed E-state index contributed by atoms with van der Waals surface area (Å²) in [4.78, 5) is 27.7. The van der Waals surface area contributed by atoms with Gasteiger partial charge in [0.15, 0.2) is 0 Å². The van der Waals surface area contributed by atoms with Crippen LogP contribution in [0.5, 0.6) is 0 Å². The number of benzene rings is 1. The number of alkyl halides is 3. The first-order valence-corrected chi connectivity index (χ1v) is 8.16. The molecule has 142 valence electrons. The summed E-state index contributed by atoms with van der Waals surface area (Å²) in [5.41, 5.74) is -0.651. The minimum atomic E-state index is -4.40. The summed E-state index contributed by atoms with van der Waals surface area (Å²) >= 11 is 0. The van der Waals surface area contributed by atoms with Crippen LogP contribution in [0, 0.1) is 0 Å². The Balaban J connectivity index is 1.91. The summed E-state index contributed by atoms with van der Waals surface area (Å²) in [5.74, 6) is -0.989. The molecule has 27 heavy (non-hydrogen) atoms. The van der Waals surface area contributed by atoms with Gasteiger partial charge < -0.3 is 10.4 Å². The summed E-state index contributed by atoms with van der Waals surface area (Å²) in [7, 11) is 0. The van der Waals surface area contributed by atoms with Gasteiger partial charge in [0.25, 0.3) is 5.56 Å². The lowest BCUT2D eigenvalue weighted by Crippen LogP contribution is -2.34. The Bertz CT molecular complexity index is 963. The Hall–Kier alpha value is -3.10. The second kappa shape index (κ2) is 6.90. The smallest absolute Gasteiger partial charge is 0.416 e. The number of nitrogens with one attached hydrogen (secondary N) is 1. The Morgan fingerprint density at radius 1 is 1.33 bits per heavy atom. The van der Waals surface area contributed by atoms with Crippen LogP contribution in [0.15, 0.2) is 41.5 Å². The van der Waals surface area contributed by atoms with Gasteiger partial charge in [0.05, 0.1) is 5.56 Å². The zero-order chi connectivity index (χ0) is 19.8. The third kappa shape index (κ3) is 3.71. The second-order valence-electron chi connectivity index (χ2n) is 6.25. The topological polar surface area (TPSA) is 84.2 Å². The molecule has 2 aromatic rings. The van der Waals surface area contributed by atoms with E-state index in [1.165, 1.54) is 16.7 Å². The van der Waals surface area contributed by atoms with Gasteiger partial charge in [0, 0.05) is 29.7 Å². The van der Waals surface area contributed by atoms with E-state index in [0.29, 0.717) is 29.9 Å². The van der Waals surface area contributed by atoms with Crippen molar-refractivity contribution in [2.24, 2.45) is 0 Å². The molecule has 3 rings (SSSR count). The number of aromatic nitrogens is 2. The first-order valence-electron chi connectivity index (χ1n) is 8.16. The van der Waals surface area contributed by atoms with E-state index in [2.05, 4.69) is 10.3 Å². The molecule has 0 bridgehead atoms. The molecule has 1 aliphatic rings. The number of hydrogen-bond acceptors (Lipinski definition) is 4. The fourth-order valence-electron chi connectivity index (χ4n) is 2.93. The largest absolute Gasteiger partial charge is 0.477 e. The predicted molar refractivity (Wildman–Crippen MR) is 92.4 cm³/mol. The van der Waals surface area contributed by atoms with Gasteiger partial charge in [-0.15, -0.1) is 0 Å². The van der Waals surface area contributed by atoms with Crippen LogP contribution < -0.4 is 10.9 Å². The lowest BCUT2D eigenvalue weighted by atomic mass is 10.0. The summed E-state index contributed by atoms with van der Waals surface area (Å²) in [6.45, 7) is 1.80. The number of carboxylic acid groups (broad SMARTS) is 1. The van der Waals surface area contributed by atoms with Crippen molar-refractivity contribution >= 4 is 17.2 Å². The lowest BCUT2D eigenvalue weighted by molar-refractivity contribution is -0.137. The van der Waals surface area contributed by atoms with E-state index in [0.717, 1.165) is 18.3 Å². The van der Waals surface area contributed by atoms with E-state index in [1.807, 2.05) is 0 Å². The molecule has 2 heterocycles. The van der Waals surface area contributed by atoms with E-state index in [4.69, 9.17) is 5.11 Å². The van der Waals surface area contributed by atoms with Crippen molar-refractivity contribution in [3.63, 3.8) is 0 Å². The van der Waals surface area contributed by atoms with Crippen LogP contribution >= 0.6 is 0 Å². The van der Waals surface area contributed by atoms with Crippen LogP contribution in [0.4, 0.5) is 18.9 Å². The van der Waals surface area contributed by atoms with E-state index in [9.17, 15) is 22.8 Å². The highest BCUT2D eigenvalue weighted by molar-refractivity contribution is 5.87. The SMILES string of the molecule is CC1CCC(=CNc2ccc(C(F)(F)F)cc2)c2ncc(C(=O)O)c(=O)n21. The number of nitrogens with zero attached hydrogens (tertiary/aromatic N) is 2. The third-order valence-corrected chi connectivity index (χ3v) is 4.41. The van der Waals surface area contributed by atoms with Crippen LogP contribution in [-0.2, 0) is 6.18 Å². The highest BCUT2D eigenvalue weighted by atomic mass is 19.4. The standard InChI is InChI=1S/C18H16F3N3O3/c1-10-2-3-11(15-23-9-14(17(26)27)16(25)24(10)15)8-22-13-6-4-12(5-7-13)18(19,20)21/h4-10,22H,2-3H2,1H3,(H,26,27). The number of rotatable bonds is 3. The normalized spacial score (nSPS) is 18.2. The fourth-order valence-corrected chi connectivity index (χ4v) is 2.93. The first kappa shape index (κ1) is 18.7. The number of hydrogen-bond donors (Lipinski definition) is 2. The van der Waals surface area contributed by atoms with Gasteiger partial charge in [-0.05, 0) is 44.0 Å². The number of aromatic carboxylic acids is 1. The van der Waals surface area contributed by atoms with Crippen molar-refractivity contribution in [2.75, 3.05) is 5.32 Å². The van der Waals surface area contributed by atoms with Crippen molar-refractivity contribution < 1.29 is 23.1 Å². The molecule has 0 saturated heterocycles. The van der Waals surface area contributed by atoms with Crippen molar-refractivity contribution in [2.45, 2.75) is 32.0 Å². The molecule has 0 fully saturated rings. The van der Waals surface area contributed by atoms with Crippen molar-refractivity contribution in [3.8, 4) is 0 Å². The Kier molecular flexibility index (Phi) is 4.77.